The van der Waals surface area contributed by atoms with Gasteiger partial charge in [0.1, 0.15) is 10.7 Å². The van der Waals surface area contributed by atoms with Crippen molar-refractivity contribution in [2.45, 2.75) is 59.6 Å². The Kier molecular flexibility index (Phi) is 9.43. The summed E-state index contributed by atoms with van der Waals surface area (Å²) in [6.45, 7) is 7.62. The number of aromatic nitrogens is 2. The molecule has 0 amide bonds. The molecule has 1 aromatic heterocycles. The minimum Gasteiger partial charge on any atom is -0.369 e. The van der Waals surface area contributed by atoms with Crippen LogP contribution in [0.15, 0.2) is 68.2 Å². The number of aryl methyl sites for hydroxylation is 1. The SMILES string of the molecule is Cc1ccc(S(=O)(=O)Nc2ncc(Sc3ccc(S(=O)(=O)N4CCCCC4)cc3)c(NCC(C)C)n2)c(Cl)c1. The number of nitrogens with zero attached hydrogens (tertiary/aromatic N) is 3. The molecule has 0 unspecified atom stereocenters. The molecule has 2 N–H and O–H groups in total. The van der Waals surface area contributed by atoms with Crippen LogP contribution in [0.3, 0.4) is 0 Å². The molecule has 0 bridgehead atoms. The Morgan fingerprint density at radius 3 is 2.36 bits per heavy atom. The fourth-order valence-corrected chi connectivity index (χ4v) is 7.90. The molecule has 0 spiro atoms. The lowest BCUT2D eigenvalue weighted by Crippen LogP contribution is -2.35. The van der Waals surface area contributed by atoms with E-state index in [4.69, 9.17) is 11.6 Å². The number of nitrogens with one attached hydrogen (secondary N) is 2. The number of sulfonamides is 2. The highest BCUT2D eigenvalue weighted by atomic mass is 35.5. The molecule has 0 radical (unpaired) electrons. The minimum absolute atomic E-state index is 0.0619. The van der Waals surface area contributed by atoms with E-state index in [0.717, 1.165) is 29.7 Å². The van der Waals surface area contributed by atoms with Crippen molar-refractivity contribution in [2.75, 3.05) is 29.7 Å². The van der Waals surface area contributed by atoms with Crippen molar-refractivity contribution in [3.8, 4) is 0 Å². The molecule has 9 nitrogen and oxygen atoms in total. The van der Waals surface area contributed by atoms with Crippen molar-refractivity contribution in [2.24, 2.45) is 5.92 Å². The normalized spacial score (nSPS) is 14.9. The summed E-state index contributed by atoms with van der Waals surface area (Å²) in [5.41, 5.74) is 0.842. The highest BCUT2D eigenvalue weighted by Crippen LogP contribution is 2.34. The van der Waals surface area contributed by atoms with Gasteiger partial charge in [-0.1, -0.05) is 49.7 Å². The molecular weight excluding hydrogens is 578 g/mol. The second-order valence-electron chi connectivity index (χ2n) is 9.76. The van der Waals surface area contributed by atoms with Gasteiger partial charge < -0.3 is 5.32 Å². The first kappa shape index (κ1) is 29.6. The molecule has 2 heterocycles. The van der Waals surface area contributed by atoms with Crippen molar-refractivity contribution in [1.29, 1.82) is 0 Å². The van der Waals surface area contributed by atoms with Gasteiger partial charge in [0.15, 0.2) is 0 Å². The number of halogens is 1. The highest BCUT2D eigenvalue weighted by Gasteiger charge is 2.26. The Morgan fingerprint density at radius 2 is 1.72 bits per heavy atom. The molecule has 0 atom stereocenters. The first-order chi connectivity index (χ1) is 18.5. The molecule has 39 heavy (non-hydrogen) atoms. The van der Waals surface area contributed by atoms with E-state index in [1.165, 1.54) is 24.0 Å². The summed E-state index contributed by atoms with van der Waals surface area (Å²) >= 11 is 7.53. The molecule has 0 saturated carbocycles. The van der Waals surface area contributed by atoms with Crippen LogP contribution in [0.5, 0.6) is 0 Å². The predicted molar refractivity (Wildman–Crippen MR) is 156 cm³/mol. The van der Waals surface area contributed by atoms with Gasteiger partial charge in [-0.15, -0.1) is 0 Å². The molecule has 1 aliphatic heterocycles. The topological polar surface area (TPSA) is 121 Å². The Hall–Kier alpha value is -2.38. The summed E-state index contributed by atoms with van der Waals surface area (Å²) in [7, 11) is -7.53. The van der Waals surface area contributed by atoms with Gasteiger partial charge in [0, 0.05) is 30.7 Å². The largest absolute Gasteiger partial charge is 0.369 e. The number of rotatable bonds is 10. The van der Waals surface area contributed by atoms with Crippen LogP contribution in [0.4, 0.5) is 11.8 Å². The van der Waals surface area contributed by atoms with E-state index >= 15 is 0 Å². The number of benzene rings is 2. The van der Waals surface area contributed by atoms with Gasteiger partial charge in [0.05, 0.1) is 14.8 Å². The van der Waals surface area contributed by atoms with Crippen LogP contribution in [0.2, 0.25) is 5.02 Å². The van der Waals surface area contributed by atoms with Gasteiger partial charge in [-0.25, -0.2) is 26.5 Å². The maximum Gasteiger partial charge on any atom is 0.265 e. The van der Waals surface area contributed by atoms with Crippen LogP contribution in [0.25, 0.3) is 0 Å². The number of hydrogen-bond donors (Lipinski definition) is 2. The minimum atomic E-state index is -4.01. The van der Waals surface area contributed by atoms with Gasteiger partial charge in [-0.3, -0.25) is 0 Å². The van der Waals surface area contributed by atoms with Crippen LogP contribution in [0, 0.1) is 12.8 Å². The monoisotopic (exact) mass is 609 g/mol. The van der Waals surface area contributed by atoms with Crippen LogP contribution < -0.4 is 10.0 Å². The van der Waals surface area contributed by atoms with Crippen molar-refractivity contribution in [3.63, 3.8) is 0 Å². The molecule has 0 aliphatic carbocycles. The predicted octanol–water partition coefficient (Wildman–Crippen LogP) is 5.63. The molecule has 3 aromatic rings. The van der Waals surface area contributed by atoms with Crippen LogP contribution in [-0.2, 0) is 20.0 Å². The summed E-state index contributed by atoms with van der Waals surface area (Å²) in [6.07, 6.45) is 4.34. The van der Waals surface area contributed by atoms with Crippen molar-refractivity contribution < 1.29 is 16.8 Å². The van der Waals surface area contributed by atoms with Crippen molar-refractivity contribution in [3.05, 3.63) is 59.2 Å². The zero-order valence-electron chi connectivity index (χ0n) is 22.0. The fourth-order valence-electron chi connectivity index (χ4n) is 3.98. The van der Waals surface area contributed by atoms with E-state index in [1.807, 2.05) is 20.8 Å². The molecule has 1 fully saturated rings. The maximum absolute atomic E-state index is 13.0. The summed E-state index contributed by atoms with van der Waals surface area (Å²) in [4.78, 5) is 10.3. The second kappa shape index (κ2) is 12.4. The smallest absolute Gasteiger partial charge is 0.265 e. The van der Waals surface area contributed by atoms with Crippen molar-refractivity contribution in [1.82, 2.24) is 14.3 Å². The van der Waals surface area contributed by atoms with E-state index in [0.29, 0.717) is 36.3 Å². The summed E-state index contributed by atoms with van der Waals surface area (Å²) in [6, 6.07) is 11.4. The van der Waals surface area contributed by atoms with Gasteiger partial charge in [-0.05, 0) is 67.6 Å². The highest BCUT2D eigenvalue weighted by molar-refractivity contribution is 7.99. The van der Waals surface area contributed by atoms with Gasteiger partial charge in [0.25, 0.3) is 10.0 Å². The quantitative estimate of drug-likeness (QED) is 0.303. The Morgan fingerprint density at radius 1 is 1.03 bits per heavy atom. The van der Waals surface area contributed by atoms with Crippen LogP contribution in [0.1, 0.15) is 38.7 Å². The second-order valence-corrected chi connectivity index (χ2v) is 14.9. The lowest BCUT2D eigenvalue weighted by atomic mass is 10.2. The first-order valence-electron chi connectivity index (χ1n) is 12.6. The molecule has 210 valence electrons. The van der Waals surface area contributed by atoms with Crippen LogP contribution in [-0.4, -0.2) is 50.7 Å². The molecule has 2 aromatic carbocycles. The molecular formula is C26H32ClN5O4S3. The number of anilines is 2. The van der Waals surface area contributed by atoms with E-state index in [1.54, 1.807) is 40.7 Å². The number of hydrogen-bond acceptors (Lipinski definition) is 8. The Labute approximate surface area is 239 Å². The summed E-state index contributed by atoms with van der Waals surface area (Å²) in [5.74, 6) is 0.676. The zero-order chi connectivity index (χ0) is 28.2. The maximum atomic E-state index is 13.0. The van der Waals surface area contributed by atoms with Gasteiger partial charge in [-0.2, -0.15) is 9.29 Å². The first-order valence-corrected chi connectivity index (χ1v) is 16.8. The van der Waals surface area contributed by atoms with Crippen molar-refractivity contribution >= 4 is 55.2 Å². The van der Waals surface area contributed by atoms with Gasteiger partial charge in [0.2, 0.25) is 16.0 Å². The molecule has 1 saturated heterocycles. The van der Waals surface area contributed by atoms with Crippen LogP contribution >= 0.6 is 23.4 Å². The van der Waals surface area contributed by atoms with E-state index in [-0.39, 0.29) is 20.8 Å². The summed E-state index contributed by atoms with van der Waals surface area (Å²) in [5, 5.41) is 3.37. The average molecular weight is 610 g/mol. The van der Waals surface area contributed by atoms with Gasteiger partial charge >= 0.3 is 0 Å². The third-order valence-electron chi connectivity index (χ3n) is 6.04. The average Bonchev–Trinajstić information content (AvgIpc) is 2.89. The van der Waals surface area contributed by atoms with E-state index in [2.05, 4.69) is 20.0 Å². The zero-order valence-corrected chi connectivity index (χ0v) is 25.2. The molecule has 13 heteroatoms. The lowest BCUT2D eigenvalue weighted by molar-refractivity contribution is 0.346. The van der Waals surface area contributed by atoms with E-state index < -0.39 is 20.0 Å². The van der Waals surface area contributed by atoms with E-state index in [9.17, 15) is 16.8 Å². The third kappa shape index (κ3) is 7.43. The summed E-state index contributed by atoms with van der Waals surface area (Å²) < 4.78 is 55.8. The molecule has 1 aliphatic rings. The fraction of sp³-hybridized carbons (Fsp3) is 0.385. The standard InChI is InChI=1S/C26H32ClN5O4S3/c1-18(2)16-28-25-23(17-29-26(30-25)31-38(33,34)24-12-7-19(3)15-22(24)27)37-20-8-10-21(11-9-20)39(35,36)32-13-5-4-6-14-32/h7-12,15,17-18H,4-6,13-14,16H2,1-3H3,(H2,28,29,30,31). The third-order valence-corrected chi connectivity index (χ3v) is 10.8. The number of piperidine rings is 1. The lowest BCUT2D eigenvalue weighted by Gasteiger charge is -2.25. The Bertz CT molecular complexity index is 1530. The Balaban J connectivity index is 1.56. The molecule has 4 rings (SSSR count).